The fourth-order valence-electron chi connectivity index (χ4n) is 3.52. The molecule has 1 aliphatic rings. The molecular formula is C21H20FN3O2S. The van der Waals surface area contributed by atoms with Crippen molar-refractivity contribution in [2.45, 2.75) is 23.8 Å². The third-order valence-electron chi connectivity index (χ3n) is 5.01. The number of benzene rings is 2. The number of amides is 1. The number of halogens is 1. The van der Waals surface area contributed by atoms with Crippen LogP contribution in [0.2, 0.25) is 0 Å². The third-order valence-corrected chi connectivity index (χ3v) is 6.01. The number of fused-ring (bicyclic) bond motifs is 1. The Labute approximate surface area is 166 Å². The average Bonchev–Trinajstić information content (AvgIpc) is 2.74. The van der Waals surface area contributed by atoms with E-state index in [0.717, 1.165) is 17.7 Å². The highest BCUT2D eigenvalue weighted by Crippen LogP contribution is 2.23. The van der Waals surface area contributed by atoms with Crippen LogP contribution in [0.5, 0.6) is 0 Å². The van der Waals surface area contributed by atoms with Crippen molar-refractivity contribution in [3.05, 3.63) is 71.0 Å². The molecule has 1 aliphatic heterocycles. The number of nitrogens with zero attached hydrogens (tertiary/aromatic N) is 3. The molecule has 2 aromatic carbocycles. The zero-order valence-corrected chi connectivity index (χ0v) is 16.1. The standard InChI is InChI=1S/C21H20FN3O2S/c22-15-7-9-17(10-8-15)28-13-20(26)24-11-3-4-16(12-24)25-14-23-19-6-2-1-5-18(19)21(25)27/h1-2,5-10,14,16H,3-4,11-13H2/t16-/m0/s1. The van der Waals surface area contributed by atoms with Crippen LogP contribution in [-0.2, 0) is 4.79 Å². The lowest BCUT2D eigenvalue weighted by Gasteiger charge is -2.33. The summed E-state index contributed by atoms with van der Waals surface area (Å²) in [7, 11) is 0. The summed E-state index contributed by atoms with van der Waals surface area (Å²) in [6.45, 7) is 1.19. The molecule has 0 aliphatic carbocycles. The number of piperidine rings is 1. The molecule has 1 amide bonds. The van der Waals surface area contributed by atoms with Gasteiger partial charge >= 0.3 is 0 Å². The Morgan fingerprint density at radius 3 is 2.79 bits per heavy atom. The average molecular weight is 397 g/mol. The second kappa shape index (κ2) is 8.14. The van der Waals surface area contributed by atoms with Crippen LogP contribution in [0.4, 0.5) is 4.39 Å². The summed E-state index contributed by atoms with van der Waals surface area (Å²) < 4.78 is 14.7. The SMILES string of the molecule is O=C(CSc1ccc(F)cc1)N1CCC[C@H](n2cnc3ccccc3c2=O)C1. The third kappa shape index (κ3) is 3.94. The van der Waals surface area contributed by atoms with Gasteiger partial charge in [0.25, 0.3) is 5.56 Å². The molecule has 2 heterocycles. The Morgan fingerprint density at radius 1 is 1.18 bits per heavy atom. The van der Waals surface area contributed by atoms with Crippen molar-refractivity contribution in [3.63, 3.8) is 0 Å². The Hall–Kier alpha value is -2.67. The Balaban J connectivity index is 1.45. The largest absolute Gasteiger partial charge is 0.340 e. The fraction of sp³-hybridized carbons (Fsp3) is 0.286. The molecule has 0 saturated carbocycles. The van der Waals surface area contributed by atoms with Gasteiger partial charge < -0.3 is 4.90 Å². The van der Waals surface area contributed by atoms with Crippen molar-refractivity contribution < 1.29 is 9.18 Å². The molecule has 4 rings (SSSR count). The molecular weight excluding hydrogens is 377 g/mol. The maximum absolute atomic E-state index is 13.0. The molecule has 144 valence electrons. The van der Waals surface area contributed by atoms with Crippen LogP contribution in [0.1, 0.15) is 18.9 Å². The maximum atomic E-state index is 13.0. The molecule has 1 aromatic heterocycles. The highest BCUT2D eigenvalue weighted by molar-refractivity contribution is 8.00. The van der Waals surface area contributed by atoms with E-state index in [-0.39, 0.29) is 23.3 Å². The van der Waals surface area contributed by atoms with Crippen molar-refractivity contribution in [1.82, 2.24) is 14.5 Å². The fourth-order valence-corrected chi connectivity index (χ4v) is 4.32. The van der Waals surface area contributed by atoms with Gasteiger partial charge in [0, 0.05) is 18.0 Å². The lowest BCUT2D eigenvalue weighted by molar-refractivity contribution is -0.130. The minimum Gasteiger partial charge on any atom is -0.340 e. The van der Waals surface area contributed by atoms with E-state index >= 15 is 0 Å². The number of carbonyl (C=O) groups excluding carboxylic acids is 1. The van der Waals surface area contributed by atoms with Crippen molar-refractivity contribution >= 4 is 28.6 Å². The monoisotopic (exact) mass is 397 g/mol. The van der Waals surface area contributed by atoms with Gasteiger partial charge in [-0.15, -0.1) is 11.8 Å². The molecule has 0 bridgehead atoms. The van der Waals surface area contributed by atoms with Gasteiger partial charge in [-0.2, -0.15) is 0 Å². The van der Waals surface area contributed by atoms with Crippen LogP contribution in [0.25, 0.3) is 10.9 Å². The van der Waals surface area contributed by atoms with Gasteiger partial charge in [0.05, 0.1) is 29.0 Å². The first-order valence-electron chi connectivity index (χ1n) is 9.24. The van der Waals surface area contributed by atoms with Gasteiger partial charge in [0.1, 0.15) is 5.82 Å². The van der Waals surface area contributed by atoms with Crippen LogP contribution in [-0.4, -0.2) is 39.2 Å². The molecule has 0 radical (unpaired) electrons. The summed E-state index contributed by atoms with van der Waals surface area (Å²) >= 11 is 1.39. The molecule has 0 N–H and O–H groups in total. The molecule has 0 unspecified atom stereocenters. The molecule has 5 nitrogen and oxygen atoms in total. The Bertz CT molecular complexity index is 1050. The Kier molecular flexibility index (Phi) is 5.43. The van der Waals surface area contributed by atoms with Crippen LogP contribution in [0.3, 0.4) is 0 Å². The second-order valence-corrected chi connectivity index (χ2v) is 7.90. The highest BCUT2D eigenvalue weighted by atomic mass is 32.2. The van der Waals surface area contributed by atoms with E-state index < -0.39 is 0 Å². The maximum Gasteiger partial charge on any atom is 0.261 e. The van der Waals surface area contributed by atoms with Gasteiger partial charge in [-0.25, -0.2) is 9.37 Å². The number of hydrogen-bond acceptors (Lipinski definition) is 4. The number of hydrogen-bond donors (Lipinski definition) is 0. The normalized spacial score (nSPS) is 17.0. The number of aromatic nitrogens is 2. The summed E-state index contributed by atoms with van der Waals surface area (Å²) in [5, 5.41) is 0.598. The first-order valence-corrected chi connectivity index (χ1v) is 10.2. The Morgan fingerprint density at radius 2 is 1.96 bits per heavy atom. The quantitative estimate of drug-likeness (QED) is 0.633. The number of thioether (sulfide) groups is 1. The number of likely N-dealkylation sites (tertiary alicyclic amines) is 1. The second-order valence-electron chi connectivity index (χ2n) is 6.85. The molecule has 1 saturated heterocycles. The summed E-state index contributed by atoms with van der Waals surface area (Å²) in [5.41, 5.74) is 0.619. The number of para-hydroxylation sites is 1. The summed E-state index contributed by atoms with van der Waals surface area (Å²) in [6.07, 6.45) is 3.28. The zero-order chi connectivity index (χ0) is 19.5. The molecule has 1 atom stereocenters. The molecule has 3 aromatic rings. The van der Waals surface area contributed by atoms with Gasteiger partial charge in [0.2, 0.25) is 5.91 Å². The zero-order valence-electron chi connectivity index (χ0n) is 15.3. The summed E-state index contributed by atoms with van der Waals surface area (Å²) in [4.78, 5) is 32.5. The van der Waals surface area contributed by atoms with E-state index in [2.05, 4.69) is 4.98 Å². The predicted octanol–water partition coefficient (Wildman–Crippen LogP) is 3.49. The summed E-state index contributed by atoms with van der Waals surface area (Å²) in [6, 6.07) is 13.4. The van der Waals surface area contributed by atoms with Crippen molar-refractivity contribution in [2.24, 2.45) is 0 Å². The first kappa shape index (κ1) is 18.7. The molecule has 1 fully saturated rings. The van der Waals surface area contributed by atoms with E-state index in [0.29, 0.717) is 29.7 Å². The lowest BCUT2D eigenvalue weighted by Crippen LogP contribution is -2.43. The van der Waals surface area contributed by atoms with Gasteiger partial charge in [-0.3, -0.25) is 14.2 Å². The van der Waals surface area contributed by atoms with E-state index in [1.807, 2.05) is 23.1 Å². The van der Waals surface area contributed by atoms with Gasteiger partial charge in [0.15, 0.2) is 0 Å². The molecule has 0 spiro atoms. The van der Waals surface area contributed by atoms with E-state index in [4.69, 9.17) is 0 Å². The van der Waals surface area contributed by atoms with E-state index in [9.17, 15) is 14.0 Å². The van der Waals surface area contributed by atoms with Crippen LogP contribution in [0, 0.1) is 5.82 Å². The van der Waals surface area contributed by atoms with Gasteiger partial charge in [-0.05, 0) is 49.2 Å². The number of carbonyl (C=O) groups is 1. The van der Waals surface area contributed by atoms with E-state index in [1.165, 1.54) is 23.9 Å². The summed E-state index contributed by atoms with van der Waals surface area (Å²) in [5.74, 6) is 0.0354. The topological polar surface area (TPSA) is 55.2 Å². The molecule has 7 heteroatoms. The minimum atomic E-state index is -0.288. The first-order chi connectivity index (χ1) is 13.6. The minimum absolute atomic E-state index is 0.0285. The van der Waals surface area contributed by atoms with E-state index in [1.54, 1.807) is 29.1 Å². The van der Waals surface area contributed by atoms with Crippen molar-refractivity contribution in [2.75, 3.05) is 18.8 Å². The van der Waals surface area contributed by atoms with Crippen LogP contribution < -0.4 is 5.56 Å². The smallest absolute Gasteiger partial charge is 0.261 e. The van der Waals surface area contributed by atoms with Crippen LogP contribution in [0.15, 0.2) is 64.5 Å². The lowest BCUT2D eigenvalue weighted by atomic mass is 10.1. The number of rotatable bonds is 4. The predicted molar refractivity (Wildman–Crippen MR) is 108 cm³/mol. The highest BCUT2D eigenvalue weighted by Gasteiger charge is 2.25. The van der Waals surface area contributed by atoms with Crippen LogP contribution >= 0.6 is 11.8 Å². The van der Waals surface area contributed by atoms with Crippen molar-refractivity contribution in [1.29, 1.82) is 0 Å². The van der Waals surface area contributed by atoms with Crippen molar-refractivity contribution in [3.8, 4) is 0 Å². The molecule has 28 heavy (non-hydrogen) atoms. The van der Waals surface area contributed by atoms with Gasteiger partial charge in [-0.1, -0.05) is 12.1 Å².